The Morgan fingerprint density at radius 1 is 1.04 bits per heavy atom. The summed E-state index contributed by atoms with van der Waals surface area (Å²) in [6.07, 6.45) is 3.16. The first-order valence-electron chi connectivity index (χ1n) is 7.67. The highest BCUT2D eigenvalue weighted by Crippen LogP contribution is 2.30. The van der Waals surface area contributed by atoms with Gasteiger partial charge in [-0.2, -0.15) is 0 Å². The Bertz CT molecular complexity index is 1030. The number of fused-ring (bicyclic) bond motifs is 1. The number of aromatic amines is 1. The number of para-hydroxylation sites is 2. The molecule has 0 aliphatic rings. The highest BCUT2D eigenvalue weighted by molar-refractivity contribution is 6.33. The van der Waals surface area contributed by atoms with Crippen LogP contribution in [0.4, 0.5) is 5.69 Å². The highest BCUT2D eigenvalue weighted by Gasteiger charge is 2.12. The number of pyridine rings is 1. The topological polar surface area (TPSA) is 70.7 Å². The first kappa shape index (κ1) is 15.4. The minimum Gasteiger partial charge on any atom is -0.338 e. The fraction of sp³-hybridized carbons (Fsp3) is 0. The van der Waals surface area contributed by atoms with Crippen LogP contribution in [0.1, 0.15) is 10.4 Å². The minimum atomic E-state index is -0.208. The molecule has 25 heavy (non-hydrogen) atoms. The molecule has 1 amide bonds. The maximum absolute atomic E-state index is 12.3. The summed E-state index contributed by atoms with van der Waals surface area (Å²) in [6, 6.07) is 16.4. The Hall–Kier alpha value is -3.18. The van der Waals surface area contributed by atoms with Gasteiger partial charge in [-0.05, 0) is 42.5 Å². The third-order valence-corrected chi connectivity index (χ3v) is 4.14. The molecule has 0 fully saturated rings. The van der Waals surface area contributed by atoms with Crippen LogP contribution in [-0.4, -0.2) is 20.9 Å². The van der Waals surface area contributed by atoms with Crippen LogP contribution in [-0.2, 0) is 0 Å². The summed E-state index contributed by atoms with van der Waals surface area (Å²) in [5.74, 6) is 0.450. The number of hydrogen-bond donors (Lipinski definition) is 2. The molecule has 4 rings (SSSR count). The van der Waals surface area contributed by atoms with Crippen LogP contribution in [0.2, 0.25) is 5.02 Å². The van der Waals surface area contributed by atoms with Gasteiger partial charge in [-0.1, -0.05) is 23.7 Å². The molecule has 0 radical (unpaired) electrons. The number of nitrogens with zero attached hydrogens (tertiary/aromatic N) is 2. The molecule has 4 aromatic rings. The number of imidazole rings is 1. The largest absolute Gasteiger partial charge is 0.338 e. The molecule has 2 heterocycles. The molecule has 2 aromatic carbocycles. The van der Waals surface area contributed by atoms with E-state index in [9.17, 15) is 4.79 Å². The van der Waals surface area contributed by atoms with Gasteiger partial charge in [0, 0.05) is 29.2 Å². The van der Waals surface area contributed by atoms with Crippen molar-refractivity contribution in [1.82, 2.24) is 15.0 Å². The third-order valence-electron chi connectivity index (χ3n) is 3.81. The Kier molecular flexibility index (Phi) is 3.91. The fourth-order valence-corrected chi connectivity index (χ4v) is 2.78. The number of aromatic nitrogens is 3. The smallest absolute Gasteiger partial charge is 0.255 e. The highest BCUT2D eigenvalue weighted by atomic mass is 35.5. The van der Waals surface area contributed by atoms with E-state index in [0.29, 0.717) is 22.1 Å². The lowest BCUT2D eigenvalue weighted by Crippen LogP contribution is -2.11. The van der Waals surface area contributed by atoms with Gasteiger partial charge in [0.2, 0.25) is 0 Å². The van der Waals surface area contributed by atoms with Crippen molar-refractivity contribution in [1.29, 1.82) is 0 Å². The van der Waals surface area contributed by atoms with Crippen molar-refractivity contribution in [2.24, 2.45) is 0 Å². The number of nitrogens with one attached hydrogen (secondary N) is 2. The fourth-order valence-electron chi connectivity index (χ4n) is 2.57. The van der Waals surface area contributed by atoms with E-state index in [2.05, 4.69) is 20.3 Å². The summed E-state index contributed by atoms with van der Waals surface area (Å²) >= 11 is 6.33. The van der Waals surface area contributed by atoms with Gasteiger partial charge in [-0.25, -0.2) is 4.98 Å². The molecular formula is C19H13ClN4O. The van der Waals surface area contributed by atoms with E-state index in [0.717, 1.165) is 16.6 Å². The molecule has 0 aliphatic heterocycles. The van der Waals surface area contributed by atoms with Crippen molar-refractivity contribution in [3.8, 4) is 11.4 Å². The number of amides is 1. The van der Waals surface area contributed by atoms with E-state index in [4.69, 9.17) is 11.6 Å². The van der Waals surface area contributed by atoms with Crippen LogP contribution in [0.25, 0.3) is 22.4 Å². The van der Waals surface area contributed by atoms with Crippen molar-refractivity contribution in [2.75, 3.05) is 5.32 Å². The van der Waals surface area contributed by atoms with Gasteiger partial charge in [0.25, 0.3) is 5.91 Å². The second-order valence-corrected chi connectivity index (χ2v) is 5.89. The average Bonchev–Trinajstić information content (AvgIpc) is 3.08. The van der Waals surface area contributed by atoms with E-state index in [-0.39, 0.29) is 5.91 Å². The van der Waals surface area contributed by atoms with Crippen molar-refractivity contribution in [2.45, 2.75) is 0 Å². The zero-order valence-electron chi connectivity index (χ0n) is 13.0. The molecule has 0 saturated heterocycles. The van der Waals surface area contributed by atoms with Gasteiger partial charge in [0.15, 0.2) is 0 Å². The number of anilines is 1. The van der Waals surface area contributed by atoms with Crippen LogP contribution in [0.15, 0.2) is 67.0 Å². The Morgan fingerprint density at radius 2 is 1.84 bits per heavy atom. The zero-order chi connectivity index (χ0) is 17.2. The lowest BCUT2D eigenvalue weighted by Gasteiger charge is -2.08. The zero-order valence-corrected chi connectivity index (χ0v) is 13.8. The van der Waals surface area contributed by atoms with Crippen LogP contribution < -0.4 is 5.32 Å². The first-order valence-corrected chi connectivity index (χ1v) is 8.04. The van der Waals surface area contributed by atoms with Crippen LogP contribution in [0, 0.1) is 0 Å². The maximum atomic E-state index is 12.3. The van der Waals surface area contributed by atoms with Gasteiger partial charge < -0.3 is 10.3 Å². The van der Waals surface area contributed by atoms with Crippen LogP contribution in [0.5, 0.6) is 0 Å². The number of rotatable bonds is 3. The summed E-state index contributed by atoms with van der Waals surface area (Å²) in [5, 5.41) is 3.42. The number of carbonyl (C=O) groups is 1. The van der Waals surface area contributed by atoms with Crippen molar-refractivity contribution >= 4 is 34.2 Å². The summed E-state index contributed by atoms with van der Waals surface area (Å²) in [4.78, 5) is 24.0. The van der Waals surface area contributed by atoms with E-state index < -0.39 is 0 Å². The molecule has 0 bridgehead atoms. The molecule has 0 spiro atoms. The number of hydrogen-bond acceptors (Lipinski definition) is 3. The minimum absolute atomic E-state index is 0.208. The van der Waals surface area contributed by atoms with Crippen LogP contribution in [0.3, 0.4) is 0 Å². The molecule has 0 aliphatic carbocycles. The molecule has 5 nitrogen and oxygen atoms in total. The predicted molar refractivity (Wildman–Crippen MR) is 98.7 cm³/mol. The van der Waals surface area contributed by atoms with E-state index >= 15 is 0 Å². The predicted octanol–water partition coefficient (Wildman–Crippen LogP) is 4.53. The normalized spacial score (nSPS) is 10.8. The van der Waals surface area contributed by atoms with Gasteiger partial charge in [0.1, 0.15) is 5.82 Å². The van der Waals surface area contributed by atoms with Crippen molar-refractivity contribution in [3.63, 3.8) is 0 Å². The Labute approximate surface area is 148 Å². The summed E-state index contributed by atoms with van der Waals surface area (Å²) in [6.45, 7) is 0. The Balaban J connectivity index is 1.68. The van der Waals surface area contributed by atoms with E-state index in [1.807, 2.05) is 24.3 Å². The second-order valence-electron chi connectivity index (χ2n) is 5.49. The third kappa shape index (κ3) is 3.09. The van der Waals surface area contributed by atoms with Crippen LogP contribution >= 0.6 is 11.6 Å². The van der Waals surface area contributed by atoms with Gasteiger partial charge in [-0.15, -0.1) is 0 Å². The second kappa shape index (κ2) is 6.37. The first-order chi connectivity index (χ1) is 12.2. The number of carbonyl (C=O) groups excluding carboxylic acids is 1. The molecule has 0 unspecified atom stereocenters. The number of halogens is 1. The summed E-state index contributed by atoms with van der Waals surface area (Å²) < 4.78 is 0. The standard InChI is InChI=1S/C19H13ClN4O/c20-15-6-5-13(22-19(25)12-7-9-21-10-8-12)11-14(15)18-23-16-3-1-2-4-17(16)24-18/h1-11H,(H,22,25)(H,23,24). The quantitative estimate of drug-likeness (QED) is 0.571. The lowest BCUT2D eigenvalue weighted by molar-refractivity contribution is 0.102. The molecule has 0 saturated carbocycles. The Morgan fingerprint density at radius 3 is 2.64 bits per heavy atom. The monoisotopic (exact) mass is 348 g/mol. The molecule has 2 aromatic heterocycles. The summed E-state index contributed by atoms with van der Waals surface area (Å²) in [5.41, 5.74) is 3.70. The molecule has 2 N–H and O–H groups in total. The SMILES string of the molecule is O=C(Nc1ccc(Cl)c(-c2nc3ccccc3[nH]2)c1)c1ccncc1. The molecule has 122 valence electrons. The lowest BCUT2D eigenvalue weighted by atomic mass is 10.1. The van der Waals surface area contributed by atoms with Crippen molar-refractivity contribution in [3.05, 3.63) is 77.6 Å². The van der Waals surface area contributed by atoms with Gasteiger partial charge in [0.05, 0.1) is 16.1 Å². The van der Waals surface area contributed by atoms with E-state index in [1.54, 1.807) is 42.7 Å². The summed E-state index contributed by atoms with van der Waals surface area (Å²) in [7, 11) is 0. The maximum Gasteiger partial charge on any atom is 0.255 e. The number of H-pyrrole nitrogens is 1. The van der Waals surface area contributed by atoms with Crippen molar-refractivity contribution < 1.29 is 4.79 Å². The molecule has 6 heteroatoms. The number of benzene rings is 2. The van der Waals surface area contributed by atoms with Gasteiger partial charge in [-0.3, -0.25) is 9.78 Å². The molecule has 0 atom stereocenters. The van der Waals surface area contributed by atoms with Gasteiger partial charge >= 0.3 is 0 Å². The average molecular weight is 349 g/mol. The molecular weight excluding hydrogens is 336 g/mol. The van der Waals surface area contributed by atoms with E-state index in [1.165, 1.54) is 0 Å².